The van der Waals surface area contributed by atoms with Crippen LogP contribution < -0.4 is 4.74 Å². The summed E-state index contributed by atoms with van der Waals surface area (Å²) in [6, 6.07) is 5.86. The second-order valence-corrected chi connectivity index (χ2v) is 6.78. The van der Waals surface area contributed by atoms with Gasteiger partial charge >= 0.3 is 0 Å². The molecular weight excluding hydrogens is 304 g/mol. The Labute approximate surface area is 124 Å². The Balaban J connectivity index is 2.11. The molecule has 1 aromatic rings. The second kappa shape index (κ2) is 6.27. The van der Waals surface area contributed by atoms with Gasteiger partial charge in [0.1, 0.15) is 5.75 Å². The Bertz CT molecular complexity index is 431. The molecule has 106 valence electrons. The topological polar surface area (TPSA) is 29.5 Å². The molecule has 2 nitrogen and oxygen atoms in total. The number of halogens is 1. The highest BCUT2D eigenvalue weighted by Gasteiger charge is 2.26. The molecule has 1 N–H and O–H groups in total. The monoisotopic (exact) mass is 326 g/mol. The lowest BCUT2D eigenvalue weighted by atomic mass is 9.80. The normalized spacial score (nSPS) is 29.0. The fraction of sp³-hybridized carbons (Fsp3) is 0.625. The highest BCUT2D eigenvalue weighted by atomic mass is 79.9. The summed E-state index contributed by atoms with van der Waals surface area (Å²) in [6.07, 6.45) is 3.22. The lowest BCUT2D eigenvalue weighted by Crippen LogP contribution is -2.29. The number of aliphatic hydroxyl groups excluding tert-OH is 1. The van der Waals surface area contributed by atoms with Gasteiger partial charge in [0.05, 0.1) is 12.2 Å². The SMILES string of the molecule is CC1CCC(Oc2ccc(Br)cc2[C@@H](C)O)CC1C. The van der Waals surface area contributed by atoms with Crippen molar-refractivity contribution in [3.05, 3.63) is 28.2 Å². The summed E-state index contributed by atoms with van der Waals surface area (Å²) < 4.78 is 7.11. The quantitative estimate of drug-likeness (QED) is 0.871. The Morgan fingerprint density at radius 3 is 2.63 bits per heavy atom. The molecule has 0 aromatic heterocycles. The molecular formula is C16H23BrO2. The molecule has 1 fully saturated rings. The van der Waals surface area contributed by atoms with Gasteiger partial charge in [-0.05, 0) is 56.2 Å². The third-order valence-corrected chi connectivity index (χ3v) is 4.76. The van der Waals surface area contributed by atoms with Gasteiger partial charge in [-0.25, -0.2) is 0 Å². The minimum absolute atomic E-state index is 0.282. The molecule has 1 aliphatic carbocycles. The maximum absolute atomic E-state index is 9.85. The average Bonchev–Trinajstić information content (AvgIpc) is 2.36. The average molecular weight is 327 g/mol. The van der Waals surface area contributed by atoms with Gasteiger partial charge in [0.25, 0.3) is 0 Å². The zero-order chi connectivity index (χ0) is 14.0. The van der Waals surface area contributed by atoms with E-state index in [0.29, 0.717) is 5.92 Å². The van der Waals surface area contributed by atoms with E-state index < -0.39 is 6.10 Å². The van der Waals surface area contributed by atoms with E-state index in [-0.39, 0.29) is 6.10 Å². The summed E-state index contributed by atoms with van der Waals surface area (Å²) in [4.78, 5) is 0. The maximum Gasteiger partial charge on any atom is 0.125 e. The zero-order valence-electron chi connectivity index (χ0n) is 11.9. The number of hydrogen-bond acceptors (Lipinski definition) is 2. The number of rotatable bonds is 3. The van der Waals surface area contributed by atoms with E-state index >= 15 is 0 Å². The van der Waals surface area contributed by atoms with Crippen molar-refractivity contribution in [3.63, 3.8) is 0 Å². The number of benzene rings is 1. The van der Waals surface area contributed by atoms with Crippen molar-refractivity contribution in [1.29, 1.82) is 0 Å². The van der Waals surface area contributed by atoms with Crippen LogP contribution in [0.1, 0.15) is 51.7 Å². The first-order chi connectivity index (χ1) is 8.97. The van der Waals surface area contributed by atoms with Gasteiger partial charge in [-0.2, -0.15) is 0 Å². The third-order valence-electron chi connectivity index (χ3n) is 4.27. The van der Waals surface area contributed by atoms with Crippen LogP contribution in [0.2, 0.25) is 0 Å². The van der Waals surface area contributed by atoms with E-state index in [1.807, 2.05) is 18.2 Å². The fourth-order valence-corrected chi connectivity index (χ4v) is 3.12. The van der Waals surface area contributed by atoms with E-state index in [4.69, 9.17) is 4.74 Å². The predicted octanol–water partition coefficient (Wildman–Crippen LogP) is 4.71. The van der Waals surface area contributed by atoms with Crippen molar-refractivity contribution < 1.29 is 9.84 Å². The van der Waals surface area contributed by atoms with Gasteiger partial charge in [0.2, 0.25) is 0 Å². The molecule has 4 atom stereocenters. The first-order valence-corrected chi connectivity index (χ1v) is 7.91. The number of aliphatic hydroxyl groups is 1. The third kappa shape index (κ3) is 3.73. The van der Waals surface area contributed by atoms with Crippen LogP contribution in [0, 0.1) is 11.8 Å². The van der Waals surface area contributed by atoms with E-state index in [2.05, 4.69) is 29.8 Å². The molecule has 0 spiro atoms. The summed E-state index contributed by atoms with van der Waals surface area (Å²) in [5.41, 5.74) is 0.862. The van der Waals surface area contributed by atoms with Gasteiger partial charge in [0, 0.05) is 10.0 Å². The molecule has 3 unspecified atom stereocenters. The van der Waals surface area contributed by atoms with Crippen molar-refractivity contribution in [2.75, 3.05) is 0 Å². The zero-order valence-corrected chi connectivity index (χ0v) is 13.5. The Hall–Kier alpha value is -0.540. The molecule has 19 heavy (non-hydrogen) atoms. The van der Waals surface area contributed by atoms with Crippen molar-refractivity contribution in [3.8, 4) is 5.75 Å². The molecule has 0 saturated heterocycles. The van der Waals surface area contributed by atoms with Crippen LogP contribution in [0.25, 0.3) is 0 Å². The minimum Gasteiger partial charge on any atom is -0.490 e. The van der Waals surface area contributed by atoms with Gasteiger partial charge in [-0.1, -0.05) is 29.8 Å². The summed E-state index contributed by atoms with van der Waals surface area (Å²) in [5.74, 6) is 2.33. The molecule has 1 aliphatic rings. The largest absolute Gasteiger partial charge is 0.490 e. The van der Waals surface area contributed by atoms with Gasteiger partial charge in [-0.15, -0.1) is 0 Å². The standard InChI is InChI=1S/C16H23BrO2/c1-10-4-6-14(8-11(10)2)19-16-7-5-13(17)9-15(16)12(3)18/h5,7,9-12,14,18H,4,6,8H2,1-3H3/t10?,11?,12-,14?/m1/s1. The first-order valence-electron chi connectivity index (χ1n) is 7.11. The summed E-state index contributed by atoms with van der Waals surface area (Å²) >= 11 is 3.44. The highest BCUT2D eigenvalue weighted by molar-refractivity contribution is 9.10. The van der Waals surface area contributed by atoms with Crippen LogP contribution in [0.4, 0.5) is 0 Å². The number of ether oxygens (including phenoxy) is 1. The molecule has 1 saturated carbocycles. The Kier molecular flexibility index (Phi) is 4.91. The summed E-state index contributed by atoms with van der Waals surface area (Å²) in [6.45, 7) is 6.40. The maximum atomic E-state index is 9.85. The van der Waals surface area contributed by atoms with Gasteiger partial charge in [-0.3, -0.25) is 0 Å². The molecule has 0 heterocycles. The van der Waals surface area contributed by atoms with Crippen LogP contribution >= 0.6 is 15.9 Å². The molecule has 0 radical (unpaired) electrons. The lowest BCUT2D eigenvalue weighted by Gasteiger charge is -2.32. The highest BCUT2D eigenvalue weighted by Crippen LogP contribution is 2.35. The van der Waals surface area contributed by atoms with Crippen LogP contribution in [-0.4, -0.2) is 11.2 Å². The first kappa shape index (κ1) is 14.9. The molecule has 0 amide bonds. The van der Waals surface area contributed by atoms with E-state index in [9.17, 15) is 5.11 Å². The van der Waals surface area contributed by atoms with Crippen LogP contribution in [0.5, 0.6) is 5.75 Å². The Morgan fingerprint density at radius 2 is 2.00 bits per heavy atom. The summed E-state index contributed by atoms with van der Waals surface area (Å²) in [7, 11) is 0. The smallest absolute Gasteiger partial charge is 0.125 e. The van der Waals surface area contributed by atoms with Crippen LogP contribution in [0.3, 0.4) is 0 Å². The molecule has 0 bridgehead atoms. The Morgan fingerprint density at radius 1 is 1.26 bits per heavy atom. The van der Waals surface area contributed by atoms with E-state index in [1.54, 1.807) is 6.92 Å². The van der Waals surface area contributed by atoms with Crippen molar-refractivity contribution in [2.24, 2.45) is 11.8 Å². The van der Waals surface area contributed by atoms with Crippen molar-refractivity contribution in [1.82, 2.24) is 0 Å². The lowest BCUT2D eigenvalue weighted by molar-refractivity contribution is 0.0957. The van der Waals surface area contributed by atoms with Gasteiger partial charge < -0.3 is 9.84 Å². The molecule has 2 rings (SSSR count). The predicted molar refractivity (Wildman–Crippen MR) is 81.4 cm³/mol. The molecule has 1 aromatic carbocycles. The summed E-state index contributed by atoms with van der Waals surface area (Å²) in [5, 5.41) is 9.85. The number of hydrogen-bond donors (Lipinski definition) is 1. The minimum atomic E-state index is -0.507. The van der Waals surface area contributed by atoms with E-state index in [1.165, 1.54) is 6.42 Å². The van der Waals surface area contributed by atoms with Crippen LogP contribution in [0.15, 0.2) is 22.7 Å². The van der Waals surface area contributed by atoms with Crippen molar-refractivity contribution >= 4 is 15.9 Å². The van der Waals surface area contributed by atoms with E-state index in [0.717, 1.165) is 34.5 Å². The molecule has 0 aliphatic heterocycles. The van der Waals surface area contributed by atoms with Gasteiger partial charge in [0.15, 0.2) is 0 Å². The second-order valence-electron chi connectivity index (χ2n) is 5.87. The molecule has 3 heteroatoms. The van der Waals surface area contributed by atoms with Crippen LogP contribution in [-0.2, 0) is 0 Å². The van der Waals surface area contributed by atoms with Crippen molar-refractivity contribution in [2.45, 2.75) is 52.2 Å². The fourth-order valence-electron chi connectivity index (χ4n) is 2.74.